The van der Waals surface area contributed by atoms with Gasteiger partial charge in [-0.15, -0.1) is 0 Å². The third kappa shape index (κ3) is 12.2. The summed E-state index contributed by atoms with van der Waals surface area (Å²) in [7, 11) is 0. The summed E-state index contributed by atoms with van der Waals surface area (Å²) >= 11 is 0. The summed E-state index contributed by atoms with van der Waals surface area (Å²) in [6.07, 6.45) is 17.3. The minimum absolute atomic E-state index is 0.0237. The number of rotatable bonds is 0. The molecule has 4 aromatic rings. The second kappa shape index (κ2) is 25.7. The average molecular weight is 1050 g/mol. The van der Waals surface area contributed by atoms with Gasteiger partial charge in [-0.2, -0.15) is 0 Å². The van der Waals surface area contributed by atoms with Gasteiger partial charge in [-0.05, 0) is 166 Å². The van der Waals surface area contributed by atoms with E-state index in [1.807, 2.05) is 97.1 Å². The number of para-hydroxylation sites is 8. The maximum Gasteiger partial charge on any atom is 0.161 e. The van der Waals surface area contributed by atoms with E-state index in [1.54, 1.807) is 0 Å². The summed E-state index contributed by atoms with van der Waals surface area (Å²) in [6.45, 7) is 5.21. The van der Waals surface area contributed by atoms with E-state index in [4.69, 9.17) is 52.1 Å². The van der Waals surface area contributed by atoms with Crippen molar-refractivity contribution in [2.75, 3.05) is 85.9 Å². The van der Waals surface area contributed by atoms with E-state index in [9.17, 15) is 5.11 Å². The first-order valence-electron chi connectivity index (χ1n) is 29.5. The minimum atomic E-state index is -1.09. The molecule has 12 heteroatoms. The van der Waals surface area contributed by atoms with Crippen LogP contribution in [0.4, 0.5) is 0 Å². The number of fused-ring (bicyclic) bond motifs is 15. The Morgan fingerprint density at radius 2 is 0.763 bits per heavy atom. The molecule has 6 unspecified atom stereocenters. The van der Waals surface area contributed by atoms with E-state index in [0.29, 0.717) is 138 Å². The summed E-state index contributed by atoms with van der Waals surface area (Å²) in [6, 6.07) is 32.0. The Labute approximate surface area is 451 Å². The molecule has 5 saturated carbocycles. The van der Waals surface area contributed by atoms with Gasteiger partial charge in [0.1, 0.15) is 57.5 Å². The molecule has 2 heterocycles. The first kappa shape index (κ1) is 53.1. The van der Waals surface area contributed by atoms with Gasteiger partial charge in [-0.1, -0.05) is 87.1 Å². The highest BCUT2D eigenvalue weighted by atomic mass is 16.6. The Balaban J connectivity index is 0.973. The lowest BCUT2D eigenvalue weighted by Crippen LogP contribution is -2.61. The largest absolute Gasteiger partial charge is 0.490 e. The van der Waals surface area contributed by atoms with Gasteiger partial charge < -0.3 is 57.2 Å². The van der Waals surface area contributed by atoms with Gasteiger partial charge in [0.15, 0.2) is 46.0 Å². The third-order valence-electron chi connectivity index (χ3n) is 19.0. The molecule has 1 spiro atoms. The highest BCUT2D eigenvalue weighted by molar-refractivity contribution is 5.42. The highest BCUT2D eigenvalue weighted by Gasteiger charge is 2.59. The average Bonchev–Trinajstić information content (AvgIpc) is 3.67. The van der Waals surface area contributed by atoms with Crippen molar-refractivity contribution in [2.24, 2.45) is 53.3 Å². The molecule has 412 valence electrons. The molecular weight excluding hydrogens is 961 g/mol. The maximum atomic E-state index is 14.2. The summed E-state index contributed by atoms with van der Waals surface area (Å²) < 4.78 is 72.4. The molecule has 5 aliphatic carbocycles. The summed E-state index contributed by atoms with van der Waals surface area (Å²) in [5, 5.41) is 14.2. The van der Waals surface area contributed by atoms with Crippen molar-refractivity contribution in [1.29, 1.82) is 0 Å². The monoisotopic (exact) mass is 1040 g/mol. The van der Waals surface area contributed by atoms with Crippen LogP contribution in [0.3, 0.4) is 0 Å². The van der Waals surface area contributed by atoms with Gasteiger partial charge in [-0.25, -0.2) is 0 Å². The van der Waals surface area contributed by atoms with E-state index in [-0.39, 0.29) is 30.3 Å². The molecule has 0 aromatic heterocycles. The predicted octanol–water partition coefficient (Wildman–Crippen LogP) is 12.2. The topological polar surface area (TPSA) is 122 Å². The van der Waals surface area contributed by atoms with Crippen LogP contribution >= 0.6 is 0 Å². The SMILES string of the molecule is O[C@@]12COc3ccccc3OCCOCCOc3ccccc3OCCC(C3CC[C@H]4C5CCCC[C@H](C5)C5(COc6ccccc6OCCOCCOc6ccccc6OCCO5)[C@H]4CCC31)[C@@H]1CCCCC2CC1. The molecule has 0 amide bonds. The smallest absolute Gasteiger partial charge is 0.161 e. The van der Waals surface area contributed by atoms with Crippen LogP contribution in [0, 0.1) is 53.3 Å². The van der Waals surface area contributed by atoms with Crippen LogP contribution < -0.4 is 37.9 Å². The third-order valence-corrected chi connectivity index (χ3v) is 19.0. The van der Waals surface area contributed by atoms with Crippen molar-refractivity contribution in [2.45, 2.75) is 114 Å². The zero-order valence-corrected chi connectivity index (χ0v) is 44.9. The van der Waals surface area contributed by atoms with Crippen molar-refractivity contribution in [3.8, 4) is 46.0 Å². The van der Waals surface area contributed by atoms with Crippen molar-refractivity contribution in [3.63, 3.8) is 0 Å². The van der Waals surface area contributed by atoms with Crippen LogP contribution in [0.2, 0.25) is 0 Å². The fourth-order valence-corrected chi connectivity index (χ4v) is 15.5. The van der Waals surface area contributed by atoms with E-state index in [1.165, 1.54) is 32.1 Å². The van der Waals surface area contributed by atoms with Crippen molar-refractivity contribution in [3.05, 3.63) is 97.1 Å². The molecule has 11 rings (SSSR count). The zero-order valence-electron chi connectivity index (χ0n) is 44.9. The van der Waals surface area contributed by atoms with Crippen LogP contribution in [-0.4, -0.2) is 102 Å². The summed E-state index contributed by atoms with van der Waals surface area (Å²) in [5.41, 5.74) is -1.71. The van der Waals surface area contributed by atoms with Crippen LogP contribution in [-0.2, 0) is 14.2 Å². The molecule has 6 bridgehead atoms. The molecule has 0 radical (unpaired) electrons. The van der Waals surface area contributed by atoms with Gasteiger partial charge in [0.05, 0.1) is 39.6 Å². The lowest BCUT2D eigenvalue weighted by molar-refractivity contribution is -0.208. The van der Waals surface area contributed by atoms with Crippen molar-refractivity contribution in [1.82, 2.24) is 0 Å². The number of hydrogen-bond acceptors (Lipinski definition) is 12. The van der Waals surface area contributed by atoms with Gasteiger partial charge in [0.2, 0.25) is 0 Å². The number of aliphatic hydroxyl groups is 1. The van der Waals surface area contributed by atoms with E-state index >= 15 is 0 Å². The Morgan fingerprint density at radius 1 is 0.329 bits per heavy atom. The number of hydrogen-bond donors (Lipinski definition) is 1. The van der Waals surface area contributed by atoms with Gasteiger partial charge in [0.25, 0.3) is 0 Å². The Hall–Kier alpha value is -4.88. The van der Waals surface area contributed by atoms with Crippen LogP contribution in [0.15, 0.2) is 97.1 Å². The van der Waals surface area contributed by atoms with Crippen LogP contribution in [0.25, 0.3) is 0 Å². The molecule has 1 N–H and O–H groups in total. The fourth-order valence-electron chi connectivity index (χ4n) is 15.5. The first-order valence-corrected chi connectivity index (χ1v) is 29.5. The second-order valence-corrected chi connectivity index (χ2v) is 22.9. The Morgan fingerprint density at radius 3 is 1.32 bits per heavy atom. The molecule has 7 aliphatic rings. The first-order chi connectivity index (χ1) is 37.6. The maximum absolute atomic E-state index is 14.2. The zero-order chi connectivity index (χ0) is 51.4. The van der Waals surface area contributed by atoms with Gasteiger partial charge in [-0.3, -0.25) is 0 Å². The molecule has 12 nitrogen and oxygen atoms in total. The summed E-state index contributed by atoms with van der Waals surface area (Å²) in [4.78, 5) is 0. The molecule has 4 aromatic carbocycles. The molecule has 2 aliphatic heterocycles. The van der Waals surface area contributed by atoms with Crippen LogP contribution in [0.5, 0.6) is 46.0 Å². The van der Waals surface area contributed by atoms with E-state index in [0.717, 1.165) is 87.9 Å². The van der Waals surface area contributed by atoms with Crippen LogP contribution in [0.1, 0.15) is 103 Å². The van der Waals surface area contributed by atoms with E-state index in [2.05, 4.69) is 0 Å². The Kier molecular flexibility index (Phi) is 18.0. The van der Waals surface area contributed by atoms with Crippen molar-refractivity contribution >= 4 is 0 Å². The molecule has 0 saturated heterocycles. The minimum Gasteiger partial charge on any atom is -0.490 e. The normalized spacial score (nSPS) is 33.2. The molecular formula is C64H84O12. The van der Waals surface area contributed by atoms with Gasteiger partial charge >= 0.3 is 0 Å². The highest BCUT2D eigenvalue weighted by Crippen LogP contribution is 2.60. The second-order valence-electron chi connectivity index (χ2n) is 22.9. The summed E-state index contributed by atoms with van der Waals surface area (Å²) in [5.74, 6) is 8.44. The molecule has 76 heavy (non-hydrogen) atoms. The quantitative estimate of drug-likeness (QED) is 0.180. The number of benzene rings is 4. The lowest BCUT2D eigenvalue weighted by atomic mass is 9.51. The predicted molar refractivity (Wildman–Crippen MR) is 290 cm³/mol. The lowest BCUT2D eigenvalue weighted by Gasteiger charge is -2.58. The van der Waals surface area contributed by atoms with E-state index < -0.39 is 11.2 Å². The standard InChI is InChI=1S/C64H84O12/c65-63-44-74-61-23-11-9-21-59(61)71-39-35-66-33-37-69-56-18-6-5-17-55(56)68-32-31-50(46-13-1-3-15-48(63)26-25-46)52-28-27-51-47-14-2-4-16-49(43-47)64(54(51)30-29-53(52)63)45-75-62-24-12-10-22-60(62)72-40-36-67-34-38-70-57-19-7-8-20-58(57)73-41-42-76-64/h5-12,17-24,46-54,65H,1-4,13-16,25-45H2/t46-,47?,48?,49-,50?,51+,52?,53?,54+,63-,64?/m1/s1. The fraction of sp³-hybridized carbons (Fsp3) is 0.625. The molecule has 11 atom stereocenters. The number of ether oxygens (including phenoxy) is 11. The molecule has 5 fully saturated rings. The van der Waals surface area contributed by atoms with Crippen molar-refractivity contribution < 1.29 is 57.2 Å². The Bertz CT molecular complexity index is 2430. The van der Waals surface area contributed by atoms with Gasteiger partial charge in [0, 0.05) is 0 Å².